The van der Waals surface area contributed by atoms with Gasteiger partial charge in [0.1, 0.15) is 10.6 Å². The number of thioether (sulfide) groups is 1. The Morgan fingerprint density at radius 3 is 2.28 bits per heavy atom. The molecule has 3 amide bonds. The number of benzene rings is 3. The summed E-state index contributed by atoms with van der Waals surface area (Å²) in [5.74, 6) is -0.971. The molecular weight excluding hydrogens is 498 g/mol. The van der Waals surface area contributed by atoms with Crippen LogP contribution in [0.2, 0.25) is 5.02 Å². The standard InChI is InChI=1S/C27H24ClN3O4S/c1-35-17-5-16-31-26(33)23(29-20-6-3-2-4-7-20)24(27(31)34)36-22-14-12-21(13-15-22)30-25(32)18-8-10-19(28)11-9-18/h2-4,6-15,29H,5,16-17H2,1H3,(H,30,32). The fourth-order valence-electron chi connectivity index (χ4n) is 3.52. The first kappa shape index (κ1) is 25.5. The number of nitrogens with one attached hydrogen (secondary N) is 2. The van der Waals surface area contributed by atoms with Crippen LogP contribution >= 0.6 is 23.4 Å². The second-order valence-corrected chi connectivity index (χ2v) is 9.41. The highest BCUT2D eigenvalue weighted by Crippen LogP contribution is 2.36. The number of carbonyl (C=O) groups is 3. The van der Waals surface area contributed by atoms with Crippen molar-refractivity contribution < 1.29 is 19.1 Å². The Morgan fingerprint density at radius 1 is 0.917 bits per heavy atom. The summed E-state index contributed by atoms with van der Waals surface area (Å²) in [5, 5.41) is 6.51. The molecule has 36 heavy (non-hydrogen) atoms. The maximum atomic E-state index is 13.2. The van der Waals surface area contributed by atoms with Crippen molar-refractivity contribution in [3.05, 3.63) is 100 Å². The molecule has 4 rings (SSSR count). The van der Waals surface area contributed by atoms with Crippen LogP contribution in [0.5, 0.6) is 0 Å². The number of carbonyl (C=O) groups excluding carboxylic acids is 3. The minimum Gasteiger partial charge on any atom is -0.385 e. The molecule has 0 unspecified atom stereocenters. The molecule has 3 aromatic carbocycles. The quantitative estimate of drug-likeness (QED) is 0.274. The number of hydrogen-bond acceptors (Lipinski definition) is 6. The Labute approximate surface area is 218 Å². The van der Waals surface area contributed by atoms with Gasteiger partial charge in [0.05, 0.1) is 0 Å². The Balaban J connectivity index is 1.51. The molecule has 184 valence electrons. The van der Waals surface area contributed by atoms with Crippen LogP contribution in [0.3, 0.4) is 0 Å². The summed E-state index contributed by atoms with van der Waals surface area (Å²) >= 11 is 7.09. The lowest BCUT2D eigenvalue weighted by atomic mass is 10.2. The molecule has 9 heteroatoms. The molecule has 3 aromatic rings. The summed E-state index contributed by atoms with van der Waals surface area (Å²) in [7, 11) is 1.58. The average Bonchev–Trinajstić information content (AvgIpc) is 3.10. The number of anilines is 2. The number of ether oxygens (including phenoxy) is 1. The van der Waals surface area contributed by atoms with E-state index in [2.05, 4.69) is 10.6 Å². The van der Waals surface area contributed by atoms with Gasteiger partial charge in [-0.3, -0.25) is 19.3 Å². The Kier molecular flexibility index (Phi) is 8.43. The summed E-state index contributed by atoms with van der Waals surface area (Å²) in [5.41, 5.74) is 2.05. The van der Waals surface area contributed by atoms with E-state index in [4.69, 9.17) is 16.3 Å². The van der Waals surface area contributed by atoms with Crippen LogP contribution in [0.25, 0.3) is 0 Å². The molecule has 1 heterocycles. The van der Waals surface area contributed by atoms with Crippen LogP contribution in [0, 0.1) is 0 Å². The summed E-state index contributed by atoms with van der Waals surface area (Å²) in [6, 6.07) is 22.9. The van der Waals surface area contributed by atoms with Crippen molar-refractivity contribution in [2.75, 3.05) is 30.9 Å². The average molecular weight is 522 g/mol. The Bertz CT molecular complexity index is 1280. The zero-order valence-corrected chi connectivity index (χ0v) is 21.1. The largest absolute Gasteiger partial charge is 0.385 e. The van der Waals surface area contributed by atoms with Gasteiger partial charge in [-0.05, 0) is 67.1 Å². The molecular formula is C27H24ClN3O4S. The highest BCUT2D eigenvalue weighted by molar-refractivity contribution is 8.04. The number of rotatable bonds is 10. The molecule has 0 fully saturated rings. The Morgan fingerprint density at radius 2 is 1.61 bits per heavy atom. The van der Waals surface area contributed by atoms with Crippen molar-refractivity contribution in [2.45, 2.75) is 11.3 Å². The molecule has 0 saturated carbocycles. The lowest BCUT2D eigenvalue weighted by Gasteiger charge is -2.14. The number of halogens is 1. The molecule has 1 aliphatic rings. The number of para-hydroxylation sites is 1. The van der Waals surface area contributed by atoms with Gasteiger partial charge >= 0.3 is 0 Å². The second-order valence-electron chi connectivity index (χ2n) is 7.89. The molecule has 2 N–H and O–H groups in total. The maximum absolute atomic E-state index is 13.2. The topological polar surface area (TPSA) is 87.7 Å². The van der Waals surface area contributed by atoms with Gasteiger partial charge in [0.25, 0.3) is 17.7 Å². The number of hydrogen-bond donors (Lipinski definition) is 2. The normalized spacial score (nSPS) is 13.3. The second kappa shape index (κ2) is 11.9. The third-order valence-electron chi connectivity index (χ3n) is 5.34. The lowest BCUT2D eigenvalue weighted by molar-refractivity contribution is -0.137. The van der Waals surface area contributed by atoms with E-state index in [0.717, 1.165) is 4.90 Å². The van der Waals surface area contributed by atoms with E-state index in [1.807, 2.05) is 30.3 Å². The van der Waals surface area contributed by atoms with Gasteiger partial charge in [-0.1, -0.05) is 41.6 Å². The minimum atomic E-state index is -0.366. The zero-order valence-electron chi connectivity index (χ0n) is 19.5. The van der Waals surface area contributed by atoms with Crippen molar-refractivity contribution in [1.29, 1.82) is 0 Å². The predicted octanol–water partition coefficient (Wildman–Crippen LogP) is 5.41. The van der Waals surface area contributed by atoms with Gasteiger partial charge in [-0.2, -0.15) is 0 Å². The van der Waals surface area contributed by atoms with Crippen molar-refractivity contribution >= 4 is 52.5 Å². The van der Waals surface area contributed by atoms with Gasteiger partial charge in [-0.25, -0.2) is 0 Å². The van der Waals surface area contributed by atoms with E-state index in [0.29, 0.717) is 39.9 Å². The first-order chi connectivity index (χ1) is 17.5. The number of nitrogens with zero attached hydrogens (tertiary/aromatic N) is 1. The van der Waals surface area contributed by atoms with Crippen LogP contribution in [0.4, 0.5) is 11.4 Å². The van der Waals surface area contributed by atoms with Crippen LogP contribution in [0.15, 0.2) is 94.4 Å². The van der Waals surface area contributed by atoms with Gasteiger partial charge in [0.2, 0.25) is 0 Å². The highest BCUT2D eigenvalue weighted by Gasteiger charge is 2.38. The number of methoxy groups -OCH3 is 1. The van der Waals surface area contributed by atoms with Crippen molar-refractivity contribution in [3.63, 3.8) is 0 Å². The summed E-state index contributed by atoms with van der Waals surface area (Å²) in [6.45, 7) is 0.718. The highest BCUT2D eigenvalue weighted by atomic mass is 35.5. The molecule has 0 radical (unpaired) electrons. The maximum Gasteiger partial charge on any atom is 0.278 e. The van der Waals surface area contributed by atoms with E-state index < -0.39 is 0 Å². The first-order valence-corrected chi connectivity index (χ1v) is 12.4. The molecule has 0 atom stereocenters. The molecule has 0 bridgehead atoms. The van der Waals surface area contributed by atoms with E-state index in [1.54, 1.807) is 55.6 Å². The van der Waals surface area contributed by atoms with Crippen LogP contribution in [0.1, 0.15) is 16.8 Å². The van der Waals surface area contributed by atoms with Gasteiger partial charge < -0.3 is 15.4 Å². The van der Waals surface area contributed by atoms with Crippen LogP contribution < -0.4 is 10.6 Å². The fourth-order valence-corrected chi connectivity index (χ4v) is 4.60. The van der Waals surface area contributed by atoms with E-state index in [1.165, 1.54) is 16.7 Å². The van der Waals surface area contributed by atoms with Crippen LogP contribution in [-0.2, 0) is 14.3 Å². The first-order valence-electron chi connectivity index (χ1n) is 11.2. The number of imide groups is 1. The minimum absolute atomic E-state index is 0.244. The lowest BCUT2D eigenvalue weighted by Crippen LogP contribution is -2.33. The van der Waals surface area contributed by atoms with E-state index >= 15 is 0 Å². The fraction of sp³-hybridized carbons (Fsp3) is 0.148. The van der Waals surface area contributed by atoms with E-state index in [9.17, 15) is 14.4 Å². The van der Waals surface area contributed by atoms with Crippen molar-refractivity contribution in [1.82, 2.24) is 4.90 Å². The molecule has 0 saturated heterocycles. The molecule has 1 aliphatic heterocycles. The molecule has 0 aliphatic carbocycles. The van der Waals surface area contributed by atoms with Crippen molar-refractivity contribution in [3.8, 4) is 0 Å². The SMILES string of the molecule is COCCCN1C(=O)C(Nc2ccccc2)=C(Sc2ccc(NC(=O)c3ccc(Cl)cc3)cc2)C1=O. The van der Waals surface area contributed by atoms with Crippen LogP contribution in [-0.4, -0.2) is 42.9 Å². The van der Waals surface area contributed by atoms with E-state index in [-0.39, 0.29) is 30.0 Å². The Hall–Kier alpha value is -3.59. The molecule has 0 spiro atoms. The zero-order chi connectivity index (χ0) is 25.5. The smallest absolute Gasteiger partial charge is 0.278 e. The van der Waals surface area contributed by atoms with Gasteiger partial charge in [-0.15, -0.1) is 0 Å². The third kappa shape index (κ3) is 6.15. The molecule has 7 nitrogen and oxygen atoms in total. The molecule has 0 aromatic heterocycles. The summed E-state index contributed by atoms with van der Waals surface area (Å²) in [4.78, 5) is 41.1. The summed E-state index contributed by atoms with van der Waals surface area (Å²) < 4.78 is 5.07. The number of amides is 3. The van der Waals surface area contributed by atoms with Gasteiger partial charge in [0, 0.05) is 47.1 Å². The van der Waals surface area contributed by atoms with Gasteiger partial charge in [0.15, 0.2) is 0 Å². The third-order valence-corrected chi connectivity index (χ3v) is 6.68. The van der Waals surface area contributed by atoms with Crippen molar-refractivity contribution in [2.24, 2.45) is 0 Å². The monoisotopic (exact) mass is 521 g/mol. The summed E-state index contributed by atoms with van der Waals surface area (Å²) in [6.07, 6.45) is 0.548. The predicted molar refractivity (Wildman–Crippen MR) is 142 cm³/mol.